The summed E-state index contributed by atoms with van der Waals surface area (Å²) in [6, 6.07) is 9.65. The summed E-state index contributed by atoms with van der Waals surface area (Å²) in [4.78, 5) is 16.1. The van der Waals surface area contributed by atoms with Crippen LogP contribution >= 0.6 is 11.3 Å². The molecule has 1 aromatic carbocycles. The largest absolute Gasteiger partial charge is 0.470 e. The third-order valence-electron chi connectivity index (χ3n) is 3.50. The van der Waals surface area contributed by atoms with Gasteiger partial charge in [-0.15, -0.1) is 0 Å². The molecule has 0 spiro atoms. The Labute approximate surface area is 147 Å². The number of aryl methyl sites for hydroxylation is 1. The second kappa shape index (κ2) is 9.93. The van der Waals surface area contributed by atoms with Crippen LogP contribution in [0, 0.1) is 5.92 Å². The van der Waals surface area contributed by atoms with Crippen LogP contribution < -0.4 is 10.1 Å². The summed E-state index contributed by atoms with van der Waals surface area (Å²) in [6.45, 7) is 5.58. The number of carbonyl (C=O) groups is 1. The van der Waals surface area contributed by atoms with Gasteiger partial charge in [0, 0.05) is 11.9 Å². The maximum Gasteiger partial charge on any atom is 0.407 e. The maximum atomic E-state index is 11.7. The Morgan fingerprint density at radius 3 is 2.88 bits per heavy atom. The van der Waals surface area contributed by atoms with Crippen molar-refractivity contribution in [1.29, 1.82) is 0 Å². The van der Waals surface area contributed by atoms with Crippen molar-refractivity contribution in [3.8, 4) is 5.19 Å². The lowest BCUT2D eigenvalue weighted by molar-refractivity contribution is 0.138. The van der Waals surface area contributed by atoms with Crippen molar-refractivity contribution in [2.75, 3.05) is 13.2 Å². The second-order valence-electron chi connectivity index (χ2n) is 5.62. The zero-order valence-corrected chi connectivity index (χ0v) is 15.0. The number of hydrogen-bond donors (Lipinski definition) is 1. The summed E-state index contributed by atoms with van der Waals surface area (Å²) in [5.74, 6) is 0.353. The van der Waals surface area contributed by atoms with Crippen LogP contribution in [-0.4, -0.2) is 24.2 Å². The summed E-state index contributed by atoms with van der Waals surface area (Å²) >= 11 is 1.53. The van der Waals surface area contributed by atoms with E-state index in [0.29, 0.717) is 25.7 Å². The molecule has 1 unspecified atom stereocenters. The third kappa shape index (κ3) is 6.58. The molecule has 1 amide bonds. The molecule has 0 bridgehead atoms. The quantitative estimate of drug-likeness (QED) is 0.743. The first-order valence-electron chi connectivity index (χ1n) is 8.19. The van der Waals surface area contributed by atoms with Crippen LogP contribution in [0.4, 0.5) is 4.79 Å². The number of alkyl carbamates (subject to hydrolysis) is 1. The molecule has 1 aromatic heterocycles. The van der Waals surface area contributed by atoms with E-state index in [2.05, 4.69) is 17.2 Å². The van der Waals surface area contributed by atoms with Crippen LogP contribution in [0.3, 0.4) is 0 Å². The van der Waals surface area contributed by atoms with Gasteiger partial charge in [0.15, 0.2) is 0 Å². The number of nitrogens with one attached hydrogen (secondary N) is 1. The van der Waals surface area contributed by atoms with Crippen molar-refractivity contribution in [1.82, 2.24) is 10.3 Å². The Hall–Kier alpha value is -2.08. The standard InChI is InChI=1S/C18H24N2O3S/c1-3-22-18-20-16(13-24-18)10-9-14(2)11-19-17(21)23-12-15-7-5-4-6-8-15/h4-8,13-14H,3,9-12H2,1-2H3,(H,19,21). The molecule has 0 radical (unpaired) electrons. The highest BCUT2D eigenvalue weighted by Gasteiger charge is 2.09. The highest BCUT2D eigenvalue weighted by atomic mass is 32.1. The molecule has 0 aliphatic heterocycles. The van der Waals surface area contributed by atoms with E-state index < -0.39 is 0 Å². The lowest BCUT2D eigenvalue weighted by Gasteiger charge is -2.12. The van der Waals surface area contributed by atoms with Gasteiger partial charge in [0.05, 0.1) is 12.3 Å². The predicted octanol–water partition coefficient (Wildman–Crippen LogP) is 4.04. The lowest BCUT2D eigenvalue weighted by atomic mass is 10.0. The van der Waals surface area contributed by atoms with E-state index in [4.69, 9.17) is 9.47 Å². The van der Waals surface area contributed by atoms with Crippen LogP contribution in [0.5, 0.6) is 5.19 Å². The predicted molar refractivity (Wildman–Crippen MR) is 95.4 cm³/mol. The summed E-state index contributed by atoms with van der Waals surface area (Å²) in [6.07, 6.45) is 1.46. The number of ether oxygens (including phenoxy) is 2. The van der Waals surface area contributed by atoms with Crippen molar-refractivity contribution in [2.24, 2.45) is 5.92 Å². The van der Waals surface area contributed by atoms with Crippen LogP contribution in [0.25, 0.3) is 0 Å². The Kier molecular flexibility index (Phi) is 7.55. The van der Waals surface area contributed by atoms with Gasteiger partial charge in [-0.1, -0.05) is 48.6 Å². The monoisotopic (exact) mass is 348 g/mol. The molecule has 5 nitrogen and oxygen atoms in total. The third-order valence-corrected chi connectivity index (χ3v) is 4.30. The number of hydrogen-bond acceptors (Lipinski definition) is 5. The van der Waals surface area contributed by atoms with Gasteiger partial charge < -0.3 is 14.8 Å². The first-order chi connectivity index (χ1) is 11.7. The Bertz CT molecular complexity index is 616. The minimum Gasteiger partial charge on any atom is -0.470 e. The number of nitrogens with zero attached hydrogens (tertiary/aromatic N) is 1. The molecule has 1 N–H and O–H groups in total. The molecule has 2 rings (SSSR count). The van der Waals surface area contributed by atoms with Gasteiger partial charge in [-0.25, -0.2) is 9.78 Å². The topological polar surface area (TPSA) is 60.5 Å². The zero-order valence-electron chi connectivity index (χ0n) is 14.2. The fraction of sp³-hybridized carbons (Fsp3) is 0.444. The van der Waals surface area contributed by atoms with Gasteiger partial charge in [-0.2, -0.15) is 0 Å². The summed E-state index contributed by atoms with van der Waals surface area (Å²) in [7, 11) is 0. The highest BCUT2D eigenvalue weighted by molar-refractivity contribution is 7.11. The van der Waals surface area contributed by atoms with Gasteiger partial charge in [-0.05, 0) is 31.2 Å². The summed E-state index contributed by atoms with van der Waals surface area (Å²) in [5, 5.41) is 5.56. The summed E-state index contributed by atoms with van der Waals surface area (Å²) < 4.78 is 10.6. The number of amides is 1. The number of aromatic nitrogens is 1. The average molecular weight is 348 g/mol. The number of thiazole rings is 1. The van der Waals surface area contributed by atoms with Gasteiger partial charge in [0.2, 0.25) is 0 Å². The Balaban J connectivity index is 1.61. The first-order valence-corrected chi connectivity index (χ1v) is 9.07. The molecule has 1 heterocycles. The van der Waals surface area contributed by atoms with Crippen LogP contribution in [0.15, 0.2) is 35.7 Å². The molecule has 1 atom stereocenters. The molecule has 24 heavy (non-hydrogen) atoms. The van der Waals surface area contributed by atoms with Crippen molar-refractivity contribution >= 4 is 17.4 Å². The molecule has 0 saturated carbocycles. The number of benzene rings is 1. The van der Waals surface area contributed by atoms with Gasteiger partial charge in [0.1, 0.15) is 6.61 Å². The molecule has 0 fully saturated rings. The number of rotatable bonds is 9. The normalized spacial score (nSPS) is 11.8. The van der Waals surface area contributed by atoms with E-state index in [0.717, 1.165) is 29.3 Å². The minimum atomic E-state index is -0.377. The van der Waals surface area contributed by atoms with Gasteiger partial charge >= 0.3 is 6.09 Å². The fourth-order valence-corrected chi connectivity index (χ4v) is 2.88. The SMILES string of the molecule is CCOc1nc(CCC(C)CNC(=O)OCc2ccccc2)cs1. The van der Waals surface area contributed by atoms with Crippen LogP contribution in [0.1, 0.15) is 31.5 Å². The van der Waals surface area contributed by atoms with Crippen molar-refractivity contribution in [3.63, 3.8) is 0 Å². The maximum absolute atomic E-state index is 11.7. The fourth-order valence-electron chi connectivity index (χ4n) is 2.12. The van der Waals surface area contributed by atoms with E-state index in [1.165, 1.54) is 11.3 Å². The second-order valence-corrected chi connectivity index (χ2v) is 6.44. The lowest BCUT2D eigenvalue weighted by Crippen LogP contribution is -2.29. The molecular formula is C18H24N2O3S. The van der Waals surface area contributed by atoms with E-state index in [-0.39, 0.29) is 6.09 Å². The van der Waals surface area contributed by atoms with E-state index in [9.17, 15) is 4.79 Å². The average Bonchev–Trinajstić information content (AvgIpc) is 3.05. The van der Waals surface area contributed by atoms with Crippen molar-refractivity contribution < 1.29 is 14.3 Å². The summed E-state index contributed by atoms with van der Waals surface area (Å²) in [5.41, 5.74) is 2.02. The Morgan fingerprint density at radius 2 is 2.12 bits per heavy atom. The van der Waals surface area contributed by atoms with Gasteiger partial charge in [-0.3, -0.25) is 0 Å². The molecule has 0 aliphatic carbocycles. The molecule has 0 aliphatic rings. The highest BCUT2D eigenvalue weighted by Crippen LogP contribution is 2.19. The minimum absolute atomic E-state index is 0.292. The molecule has 6 heteroatoms. The van der Waals surface area contributed by atoms with Crippen molar-refractivity contribution in [2.45, 2.75) is 33.3 Å². The van der Waals surface area contributed by atoms with E-state index >= 15 is 0 Å². The number of carbonyl (C=O) groups excluding carboxylic acids is 1. The smallest absolute Gasteiger partial charge is 0.407 e. The Morgan fingerprint density at radius 1 is 1.33 bits per heavy atom. The van der Waals surface area contributed by atoms with E-state index in [1.54, 1.807) is 0 Å². The van der Waals surface area contributed by atoms with Crippen LogP contribution in [-0.2, 0) is 17.8 Å². The van der Waals surface area contributed by atoms with Crippen LogP contribution in [0.2, 0.25) is 0 Å². The molecule has 130 valence electrons. The van der Waals surface area contributed by atoms with Gasteiger partial charge in [0.25, 0.3) is 5.19 Å². The molecule has 2 aromatic rings. The molecular weight excluding hydrogens is 324 g/mol. The zero-order chi connectivity index (χ0) is 17.2. The van der Waals surface area contributed by atoms with E-state index in [1.807, 2.05) is 42.6 Å². The van der Waals surface area contributed by atoms with Crippen molar-refractivity contribution in [3.05, 3.63) is 47.0 Å². The first kappa shape index (κ1) is 18.3. The molecule has 0 saturated heterocycles.